The summed E-state index contributed by atoms with van der Waals surface area (Å²) in [5, 5.41) is 24.3. The second-order valence-electron chi connectivity index (χ2n) is 14.4. The maximum absolute atomic E-state index is 11.2. The van der Waals surface area contributed by atoms with Crippen molar-refractivity contribution in [3.8, 4) is 0 Å². The average Bonchev–Trinajstić information content (AvgIpc) is 3.47. The molecule has 0 aromatic heterocycles. The zero-order chi connectivity index (χ0) is 29.8. The van der Waals surface area contributed by atoms with Crippen molar-refractivity contribution in [3.05, 3.63) is 73.3 Å². The van der Waals surface area contributed by atoms with Crippen LogP contribution in [0.25, 0.3) is 0 Å². The van der Waals surface area contributed by atoms with E-state index in [9.17, 15) is 10.2 Å². The number of hydrogen-bond acceptors (Lipinski definition) is 5. The number of ether oxygens (including phenoxy) is 1. The van der Waals surface area contributed by atoms with Gasteiger partial charge in [0.2, 0.25) is 0 Å². The van der Waals surface area contributed by atoms with Gasteiger partial charge in [0.15, 0.2) is 8.32 Å². The summed E-state index contributed by atoms with van der Waals surface area (Å²) in [6.45, 7) is 24.2. The lowest BCUT2D eigenvalue weighted by Crippen LogP contribution is -2.67. The van der Waals surface area contributed by atoms with Gasteiger partial charge in [0.25, 0.3) is 8.32 Å². The molecule has 0 amide bonds. The van der Waals surface area contributed by atoms with Gasteiger partial charge >= 0.3 is 0 Å². The highest BCUT2D eigenvalue weighted by Gasteiger charge is 2.84. The van der Waals surface area contributed by atoms with Gasteiger partial charge in [-0.3, -0.25) is 0 Å². The van der Waals surface area contributed by atoms with Crippen molar-refractivity contribution >= 4 is 27.0 Å². The van der Waals surface area contributed by atoms with Gasteiger partial charge < -0.3 is 23.8 Å². The highest BCUT2D eigenvalue weighted by Crippen LogP contribution is 2.68. The first kappa shape index (κ1) is 31.4. The lowest BCUT2D eigenvalue weighted by Gasteiger charge is -2.46. The van der Waals surface area contributed by atoms with Gasteiger partial charge in [0, 0.05) is 25.0 Å². The molecule has 4 rings (SSSR count). The Morgan fingerprint density at radius 1 is 0.950 bits per heavy atom. The van der Waals surface area contributed by atoms with Crippen molar-refractivity contribution in [1.82, 2.24) is 0 Å². The van der Waals surface area contributed by atoms with Crippen molar-refractivity contribution in [3.63, 3.8) is 0 Å². The highest BCUT2D eigenvalue weighted by atomic mass is 28.4. The fourth-order valence-electron chi connectivity index (χ4n) is 6.89. The van der Waals surface area contributed by atoms with Crippen molar-refractivity contribution < 1.29 is 23.8 Å². The number of hydrogen-bond donors (Lipinski definition) is 2. The van der Waals surface area contributed by atoms with E-state index in [4.69, 9.17) is 13.6 Å². The Kier molecular flexibility index (Phi) is 8.31. The van der Waals surface area contributed by atoms with E-state index in [1.807, 2.05) is 19.1 Å². The molecule has 40 heavy (non-hydrogen) atoms. The summed E-state index contributed by atoms with van der Waals surface area (Å²) in [7, 11) is -5.07. The van der Waals surface area contributed by atoms with Crippen LogP contribution in [0.3, 0.4) is 0 Å². The SMILES string of the molecule is C=C[C@H](O)[C@@]12O[C@]1(C)[C@@H](O[Si](C)(C)C(C)(C)C)[C@@H](CO[Si](c1ccccc1)(c1ccccc1)C(C)(C)C)[C@H]2CO. The Morgan fingerprint density at radius 2 is 1.45 bits per heavy atom. The average molecular weight is 583 g/mol. The fraction of sp³-hybridized carbons (Fsp3) is 0.576. The fourth-order valence-corrected chi connectivity index (χ4v) is 12.9. The minimum Gasteiger partial charge on any atom is -0.410 e. The van der Waals surface area contributed by atoms with Crippen LogP contribution in [-0.2, 0) is 13.6 Å². The minimum absolute atomic E-state index is 0.0152. The van der Waals surface area contributed by atoms with E-state index in [0.29, 0.717) is 6.61 Å². The number of rotatable bonds is 10. The molecule has 1 saturated heterocycles. The first-order valence-corrected chi connectivity index (χ1v) is 19.4. The molecule has 1 aliphatic carbocycles. The molecule has 2 aromatic carbocycles. The van der Waals surface area contributed by atoms with E-state index >= 15 is 0 Å². The van der Waals surface area contributed by atoms with Crippen molar-refractivity contribution in [2.45, 2.75) is 95.0 Å². The van der Waals surface area contributed by atoms with Crippen molar-refractivity contribution in [1.29, 1.82) is 0 Å². The first-order chi connectivity index (χ1) is 18.5. The largest absolute Gasteiger partial charge is 0.410 e. The smallest absolute Gasteiger partial charge is 0.261 e. The topological polar surface area (TPSA) is 71.5 Å². The quantitative estimate of drug-likeness (QED) is 0.227. The van der Waals surface area contributed by atoms with Crippen LogP contribution in [-0.4, -0.2) is 63.5 Å². The van der Waals surface area contributed by atoms with Gasteiger partial charge in [-0.25, -0.2) is 0 Å². The molecule has 7 heteroatoms. The molecule has 1 saturated carbocycles. The van der Waals surface area contributed by atoms with Gasteiger partial charge in [-0.2, -0.15) is 0 Å². The Bertz CT molecular complexity index is 1130. The Labute approximate surface area is 243 Å². The molecule has 5 nitrogen and oxygen atoms in total. The van der Waals surface area contributed by atoms with Crippen LogP contribution in [0.15, 0.2) is 73.3 Å². The van der Waals surface area contributed by atoms with Crippen LogP contribution >= 0.6 is 0 Å². The number of aliphatic hydroxyl groups excluding tert-OH is 2. The third kappa shape index (κ3) is 4.72. The molecule has 1 heterocycles. The molecule has 0 radical (unpaired) electrons. The van der Waals surface area contributed by atoms with E-state index in [0.717, 1.165) is 0 Å². The molecule has 0 unspecified atom stereocenters. The summed E-state index contributed by atoms with van der Waals surface area (Å²) in [5.74, 6) is -0.535. The summed E-state index contributed by atoms with van der Waals surface area (Å²) in [5.41, 5.74) is -1.70. The molecule has 2 aliphatic rings. The summed E-state index contributed by atoms with van der Waals surface area (Å²) < 4.78 is 21.0. The Balaban J connectivity index is 1.83. The normalized spacial score (nSPS) is 29.6. The van der Waals surface area contributed by atoms with Crippen LogP contribution in [0.4, 0.5) is 0 Å². The molecule has 220 valence electrons. The maximum Gasteiger partial charge on any atom is 0.261 e. The second kappa shape index (κ2) is 10.6. The van der Waals surface area contributed by atoms with Gasteiger partial charge in [-0.1, -0.05) is 108 Å². The Morgan fingerprint density at radius 3 is 1.85 bits per heavy atom. The molecule has 2 N–H and O–H groups in total. The molecule has 2 aromatic rings. The minimum atomic E-state index is -2.82. The lowest BCUT2D eigenvalue weighted by atomic mass is 9.83. The molecule has 2 fully saturated rings. The predicted molar refractivity (Wildman–Crippen MR) is 168 cm³/mol. The highest BCUT2D eigenvalue weighted by molar-refractivity contribution is 6.99. The number of epoxide rings is 1. The maximum atomic E-state index is 11.2. The zero-order valence-corrected chi connectivity index (χ0v) is 27.9. The number of fused-ring (bicyclic) bond motifs is 1. The molecular formula is C33H50O5Si2. The van der Waals surface area contributed by atoms with Gasteiger partial charge in [0.05, 0.1) is 6.10 Å². The summed E-state index contributed by atoms with van der Waals surface area (Å²) in [6.07, 6.45) is 0.277. The summed E-state index contributed by atoms with van der Waals surface area (Å²) in [4.78, 5) is 0. The molecule has 0 spiro atoms. The van der Waals surface area contributed by atoms with Crippen molar-refractivity contribution in [2.75, 3.05) is 13.2 Å². The van der Waals surface area contributed by atoms with E-state index < -0.39 is 33.9 Å². The monoisotopic (exact) mass is 582 g/mol. The third-order valence-corrected chi connectivity index (χ3v) is 19.6. The summed E-state index contributed by atoms with van der Waals surface area (Å²) in [6, 6.07) is 21.2. The molecule has 0 bridgehead atoms. The number of aliphatic hydroxyl groups is 2. The van der Waals surface area contributed by atoms with Gasteiger partial charge in [0.1, 0.15) is 17.3 Å². The molecule has 1 aliphatic heterocycles. The zero-order valence-electron chi connectivity index (χ0n) is 25.9. The van der Waals surface area contributed by atoms with Crippen LogP contribution in [0.5, 0.6) is 0 Å². The predicted octanol–water partition coefficient (Wildman–Crippen LogP) is 5.27. The molecule has 6 atom stereocenters. The van der Waals surface area contributed by atoms with E-state index in [1.54, 1.807) is 0 Å². The molecular weight excluding hydrogens is 533 g/mol. The van der Waals surface area contributed by atoms with Crippen molar-refractivity contribution in [2.24, 2.45) is 11.8 Å². The van der Waals surface area contributed by atoms with Crippen LogP contribution < -0.4 is 10.4 Å². The van der Waals surface area contributed by atoms with E-state index in [2.05, 4.69) is 110 Å². The third-order valence-electron chi connectivity index (χ3n) is 10.1. The van der Waals surface area contributed by atoms with E-state index in [-0.39, 0.29) is 34.6 Å². The first-order valence-electron chi connectivity index (χ1n) is 14.6. The van der Waals surface area contributed by atoms with Gasteiger partial charge in [-0.15, -0.1) is 6.58 Å². The standard InChI is InChI=1S/C33H50O5Si2/c1-11-28(35)33-27(22-34)26(29(32(33,8)38-33)37-39(9,10)30(2,3)4)23-36-40(31(5,6)7,24-18-14-12-15-19-24)25-20-16-13-17-21-25/h11-21,26-29,34-35H,1,22-23H2,2-10H3/t26-,27+,28-,29-,32+,33+/m0/s1. The lowest BCUT2D eigenvalue weighted by molar-refractivity contribution is -0.0435. The number of benzene rings is 2. The van der Waals surface area contributed by atoms with E-state index in [1.165, 1.54) is 16.4 Å². The van der Waals surface area contributed by atoms with Gasteiger partial charge in [-0.05, 0) is 40.5 Å². The van der Waals surface area contributed by atoms with Crippen LogP contribution in [0, 0.1) is 11.8 Å². The van der Waals surface area contributed by atoms with Crippen LogP contribution in [0.1, 0.15) is 48.5 Å². The second-order valence-corrected chi connectivity index (χ2v) is 23.5. The summed E-state index contributed by atoms with van der Waals surface area (Å²) >= 11 is 0. The van der Waals surface area contributed by atoms with Crippen LogP contribution in [0.2, 0.25) is 23.2 Å². The Hall–Kier alpha value is -1.59.